The SMILES string of the molecule is O=C(Nc1ccc(F)cn1)N1CCC(Oc2ccccc2)CC1. The number of rotatable bonds is 3. The monoisotopic (exact) mass is 315 g/mol. The van der Waals surface area contributed by atoms with E-state index < -0.39 is 5.82 Å². The van der Waals surface area contributed by atoms with Crippen molar-refractivity contribution in [1.82, 2.24) is 9.88 Å². The fourth-order valence-electron chi connectivity index (χ4n) is 2.51. The van der Waals surface area contributed by atoms with E-state index in [-0.39, 0.29) is 12.1 Å². The summed E-state index contributed by atoms with van der Waals surface area (Å²) < 4.78 is 18.7. The number of carbonyl (C=O) groups excluding carboxylic acids is 1. The number of hydrogen-bond donors (Lipinski definition) is 1. The lowest BCUT2D eigenvalue weighted by Crippen LogP contribution is -2.43. The highest BCUT2D eigenvalue weighted by Gasteiger charge is 2.24. The van der Waals surface area contributed by atoms with E-state index in [0.717, 1.165) is 24.8 Å². The lowest BCUT2D eigenvalue weighted by atomic mass is 10.1. The molecule has 1 aliphatic heterocycles. The fourth-order valence-corrected chi connectivity index (χ4v) is 2.51. The number of ether oxygens (including phenoxy) is 1. The summed E-state index contributed by atoms with van der Waals surface area (Å²) in [4.78, 5) is 17.7. The second-order valence-corrected chi connectivity index (χ2v) is 5.41. The third kappa shape index (κ3) is 4.18. The van der Waals surface area contributed by atoms with Crippen LogP contribution in [0.2, 0.25) is 0 Å². The Morgan fingerprint density at radius 2 is 1.91 bits per heavy atom. The van der Waals surface area contributed by atoms with E-state index in [1.165, 1.54) is 12.1 Å². The molecule has 2 amide bonds. The van der Waals surface area contributed by atoms with Gasteiger partial charge in [0.15, 0.2) is 0 Å². The Labute approximate surface area is 134 Å². The van der Waals surface area contributed by atoms with Crippen molar-refractivity contribution in [3.63, 3.8) is 0 Å². The van der Waals surface area contributed by atoms with Crippen molar-refractivity contribution in [2.24, 2.45) is 0 Å². The minimum absolute atomic E-state index is 0.116. The number of nitrogens with zero attached hydrogens (tertiary/aromatic N) is 2. The number of para-hydroxylation sites is 1. The van der Waals surface area contributed by atoms with Crippen LogP contribution in [0.5, 0.6) is 5.75 Å². The normalized spacial score (nSPS) is 15.3. The maximum Gasteiger partial charge on any atom is 0.323 e. The molecule has 2 aromatic rings. The number of amides is 2. The highest BCUT2D eigenvalue weighted by Crippen LogP contribution is 2.19. The molecule has 2 heterocycles. The van der Waals surface area contributed by atoms with Gasteiger partial charge in [-0.05, 0) is 24.3 Å². The first-order valence-corrected chi connectivity index (χ1v) is 7.60. The molecule has 0 spiro atoms. The van der Waals surface area contributed by atoms with Gasteiger partial charge in [0, 0.05) is 25.9 Å². The van der Waals surface area contributed by atoms with Crippen LogP contribution in [0.25, 0.3) is 0 Å². The number of likely N-dealkylation sites (tertiary alicyclic amines) is 1. The first-order valence-electron chi connectivity index (χ1n) is 7.60. The topological polar surface area (TPSA) is 54.5 Å². The summed E-state index contributed by atoms with van der Waals surface area (Å²) >= 11 is 0. The largest absolute Gasteiger partial charge is 0.490 e. The van der Waals surface area contributed by atoms with Crippen LogP contribution >= 0.6 is 0 Å². The van der Waals surface area contributed by atoms with Gasteiger partial charge in [-0.25, -0.2) is 14.2 Å². The number of anilines is 1. The molecule has 1 aromatic carbocycles. The van der Waals surface area contributed by atoms with Crippen molar-refractivity contribution in [2.75, 3.05) is 18.4 Å². The summed E-state index contributed by atoms with van der Waals surface area (Å²) in [6, 6.07) is 12.2. The highest BCUT2D eigenvalue weighted by molar-refractivity contribution is 5.88. The Balaban J connectivity index is 1.48. The number of hydrogen-bond acceptors (Lipinski definition) is 3. The Kier molecular flexibility index (Phi) is 4.71. The van der Waals surface area contributed by atoms with Gasteiger partial charge in [-0.1, -0.05) is 18.2 Å². The van der Waals surface area contributed by atoms with Crippen LogP contribution in [0.1, 0.15) is 12.8 Å². The van der Waals surface area contributed by atoms with Crippen molar-refractivity contribution in [3.05, 3.63) is 54.5 Å². The van der Waals surface area contributed by atoms with E-state index in [0.29, 0.717) is 18.9 Å². The molecule has 1 saturated heterocycles. The number of carbonyl (C=O) groups is 1. The van der Waals surface area contributed by atoms with E-state index in [1.807, 2.05) is 30.3 Å². The van der Waals surface area contributed by atoms with Gasteiger partial charge in [0.05, 0.1) is 6.20 Å². The smallest absolute Gasteiger partial charge is 0.323 e. The third-order valence-corrected chi connectivity index (χ3v) is 3.74. The first-order chi connectivity index (χ1) is 11.2. The minimum Gasteiger partial charge on any atom is -0.490 e. The summed E-state index contributed by atoms with van der Waals surface area (Å²) in [5, 5.41) is 2.67. The van der Waals surface area contributed by atoms with Crippen LogP contribution in [0.3, 0.4) is 0 Å². The molecular formula is C17H18FN3O2. The molecule has 0 aliphatic carbocycles. The number of aromatic nitrogens is 1. The van der Waals surface area contributed by atoms with Crippen LogP contribution in [-0.4, -0.2) is 35.1 Å². The van der Waals surface area contributed by atoms with E-state index in [1.54, 1.807) is 4.90 Å². The number of halogens is 1. The first kappa shape index (κ1) is 15.3. The van der Waals surface area contributed by atoms with E-state index in [9.17, 15) is 9.18 Å². The van der Waals surface area contributed by atoms with Crippen LogP contribution in [0, 0.1) is 5.82 Å². The van der Waals surface area contributed by atoms with Gasteiger partial charge in [-0.3, -0.25) is 5.32 Å². The van der Waals surface area contributed by atoms with E-state index in [2.05, 4.69) is 10.3 Å². The summed E-state index contributed by atoms with van der Waals surface area (Å²) in [5.41, 5.74) is 0. The highest BCUT2D eigenvalue weighted by atomic mass is 19.1. The summed E-state index contributed by atoms with van der Waals surface area (Å²) in [7, 11) is 0. The Morgan fingerprint density at radius 1 is 1.17 bits per heavy atom. The lowest BCUT2D eigenvalue weighted by molar-refractivity contribution is 0.115. The van der Waals surface area contributed by atoms with E-state index >= 15 is 0 Å². The van der Waals surface area contributed by atoms with Crippen molar-refractivity contribution in [2.45, 2.75) is 18.9 Å². The van der Waals surface area contributed by atoms with Crippen LogP contribution in [0.15, 0.2) is 48.7 Å². The zero-order valence-corrected chi connectivity index (χ0v) is 12.6. The molecule has 0 saturated carbocycles. The Hall–Kier alpha value is -2.63. The molecule has 3 rings (SSSR count). The van der Waals surface area contributed by atoms with Gasteiger partial charge >= 0.3 is 6.03 Å². The van der Waals surface area contributed by atoms with E-state index in [4.69, 9.17) is 4.74 Å². The molecule has 0 atom stereocenters. The average molecular weight is 315 g/mol. The number of piperidine rings is 1. The second-order valence-electron chi connectivity index (χ2n) is 5.41. The molecule has 1 aliphatic rings. The molecule has 0 radical (unpaired) electrons. The average Bonchev–Trinajstić information content (AvgIpc) is 2.58. The molecule has 5 nitrogen and oxygen atoms in total. The maximum atomic E-state index is 12.8. The molecule has 0 unspecified atom stereocenters. The van der Waals surface area contributed by atoms with Gasteiger partial charge in [-0.2, -0.15) is 0 Å². The molecule has 1 N–H and O–H groups in total. The van der Waals surface area contributed by atoms with Gasteiger partial charge in [-0.15, -0.1) is 0 Å². The van der Waals surface area contributed by atoms with Crippen LogP contribution in [-0.2, 0) is 0 Å². The van der Waals surface area contributed by atoms with Crippen LogP contribution in [0.4, 0.5) is 15.0 Å². The quantitative estimate of drug-likeness (QED) is 0.945. The number of nitrogens with one attached hydrogen (secondary N) is 1. The second kappa shape index (κ2) is 7.09. The summed E-state index contributed by atoms with van der Waals surface area (Å²) in [6.45, 7) is 1.23. The number of pyridine rings is 1. The van der Waals surface area contributed by atoms with Crippen molar-refractivity contribution >= 4 is 11.8 Å². The zero-order valence-electron chi connectivity index (χ0n) is 12.6. The predicted octanol–water partition coefficient (Wildman–Crippen LogP) is 3.30. The molecular weight excluding hydrogens is 297 g/mol. The van der Waals surface area contributed by atoms with Gasteiger partial charge < -0.3 is 9.64 Å². The molecule has 23 heavy (non-hydrogen) atoms. The Morgan fingerprint density at radius 3 is 2.57 bits per heavy atom. The molecule has 120 valence electrons. The van der Waals surface area contributed by atoms with Gasteiger partial charge in [0.2, 0.25) is 0 Å². The van der Waals surface area contributed by atoms with Gasteiger partial charge in [0.1, 0.15) is 23.5 Å². The van der Waals surface area contributed by atoms with Gasteiger partial charge in [0.25, 0.3) is 0 Å². The maximum absolute atomic E-state index is 12.8. The van der Waals surface area contributed by atoms with Crippen molar-refractivity contribution in [3.8, 4) is 5.75 Å². The lowest BCUT2D eigenvalue weighted by Gasteiger charge is -2.32. The third-order valence-electron chi connectivity index (χ3n) is 3.74. The predicted molar refractivity (Wildman–Crippen MR) is 84.9 cm³/mol. The van der Waals surface area contributed by atoms with Crippen molar-refractivity contribution < 1.29 is 13.9 Å². The standard InChI is InChI=1S/C17H18FN3O2/c18-13-6-7-16(19-12-13)20-17(22)21-10-8-15(9-11-21)23-14-4-2-1-3-5-14/h1-7,12,15H,8-11H2,(H,19,20,22). The Bertz CT molecular complexity index is 641. The molecule has 0 bridgehead atoms. The minimum atomic E-state index is -0.429. The molecule has 6 heteroatoms. The van der Waals surface area contributed by atoms with Crippen molar-refractivity contribution in [1.29, 1.82) is 0 Å². The molecule has 1 aromatic heterocycles. The number of benzene rings is 1. The van der Waals surface area contributed by atoms with Crippen LogP contribution < -0.4 is 10.1 Å². The number of urea groups is 1. The fraction of sp³-hybridized carbons (Fsp3) is 0.294. The summed E-state index contributed by atoms with van der Waals surface area (Å²) in [6.07, 6.45) is 2.75. The molecule has 1 fully saturated rings. The zero-order chi connectivity index (χ0) is 16.1. The summed E-state index contributed by atoms with van der Waals surface area (Å²) in [5.74, 6) is 0.770.